The predicted octanol–water partition coefficient (Wildman–Crippen LogP) is 2.35. The van der Waals surface area contributed by atoms with Crippen LogP contribution in [0.3, 0.4) is 0 Å². The van der Waals surface area contributed by atoms with Crippen LogP contribution in [0.1, 0.15) is 25.7 Å². The standard InChI is InChI=1S/C26H34N6O4S/c1-31-17-28-23-15-22(19-5-9-21(10-6-19)32-11-13-36-14-12-32)29-25(24(23)26(31)33)27-16-18-3-7-20(8-4-18)30-37(2,34)35/h5-6,9-10,15,17-18,20,30H,3-4,7-8,11-14,16H2,1-2H3,(H,27,29). The van der Waals surface area contributed by atoms with Gasteiger partial charge in [-0.1, -0.05) is 12.1 Å². The molecule has 198 valence electrons. The molecule has 1 saturated heterocycles. The molecule has 2 aliphatic rings. The third-order valence-corrected chi connectivity index (χ3v) is 7.99. The molecule has 37 heavy (non-hydrogen) atoms. The van der Waals surface area contributed by atoms with Gasteiger partial charge in [0, 0.05) is 44.0 Å². The Balaban J connectivity index is 1.37. The lowest BCUT2D eigenvalue weighted by Crippen LogP contribution is -2.37. The van der Waals surface area contributed by atoms with E-state index in [4.69, 9.17) is 9.72 Å². The molecule has 0 atom stereocenters. The minimum atomic E-state index is -3.20. The van der Waals surface area contributed by atoms with E-state index in [2.05, 4.69) is 44.2 Å². The highest BCUT2D eigenvalue weighted by Crippen LogP contribution is 2.29. The molecular formula is C26H34N6O4S. The third-order valence-electron chi connectivity index (χ3n) is 7.23. The summed E-state index contributed by atoms with van der Waals surface area (Å²) < 4.78 is 32.7. The van der Waals surface area contributed by atoms with E-state index >= 15 is 0 Å². The Morgan fingerprint density at radius 1 is 1.08 bits per heavy atom. The largest absolute Gasteiger partial charge is 0.378 e. The van der Waals surface area contributed by atoms with Crippen LogP contribution < -0.4 is 20.5 Å². The van der Waals surface area contributed by atoms with Gasteiger partial charge in [-0.2, -0.15) is 0 Å². The van der Waals surface area contributed by atoms with E-state index in [0.717, 1.165) is 68.9 Å². The molecule has 3 heterocycles. The number of hydrogen-bond donors (Lipinski definition) is 2. The summed E-state index contributed by atoms with van der Waals surface area (Å²) in [5.74, 6) is 0.904. The first-order valence-electron chi connectivity index (χ1n) is 12.8. The first-order chi connectivity index (χ1) is 17.8. The van der Waals surface area contributed by atoms with Crippen molar-refractivity contribution in [3.63, 3.8) is 0 Å². The molecule has 2 fully saturated rings. The second-order valence-corrected chi connectivity index (χ2v) is 11.8. The molecule has 1 aromatic carbocycles. The normalized spacial score (nSPS) is 20.8. The Labute approximate surface area is 217 Å². The second kappa shape index (κ2) is 10.8. The molecule has 1 saturated carbocycles. The van der Waals surface area contributed by atoms with E-state index in [0.29, 0.717) is 29.2 Å². The van der Waals surface area contributed by atoms with Crippen molar-refractivity contribution in [2.75, 3.05) is 49.3 Å². The summed E-state index contributed by atoms with van der Waals surface area (Å²) in [6.45, 7) is 3.88. The molecule has 1 aliphatic carbocycles. The van der Waals surface area contributed by atoms with Gasteiger partial charge in [0.1, 0.15) is 11.2 Å². The zero-order valence-electron chi connectivity index (χ0n) is 21.3. The Kier molecular flexibility index (Phi) is 7.45. The van der Waals surface area contributed by atoms with Crippen molar-refractivity contribution in [2.24, 2.45) is 13.0 Å². The Morgan fingerprint density at radius 2 is 1.78 bits per heavy atom. The molecule has 0 spiro atoms. The molecule has 10 nitrogen and oxygen atoms in total. The highest BCUT2D eigenvalue weighted by molar-refractivity contribution is 7.88. The second-order valence-electron chi connectivity index (χ2n) is 10.0. The van der Waals surface area contributed by atoms with Gasteiger partial charge in [0.05, 0.1) is 37.0 Å². The van der Waals surface area contributed by atoms with E-state index in [1.807, 2.05) is 6.07 Å². The number of nitrogens with one attached hydrogen (secondary N) is 2. The predicted molar refractivity (Wildman–Crippen MR) is 145 cm³/mol. The van der Waals surface area contributed by atoms with Crippen LogP contribution in [0.25, 0.3) is 22.2 Å². The van der Waals surface area contributed by atoms with Crippen LogP contribution in [0, 0.1) is 5.92 Å². The van der Waals surface area contributed by atoms with Crippen LogP contribution in [0.4, 0.5) is 11.5 Å². The summed E-state index contributed by atoms with van der Waals surface area (Å²) in [7, 11) is -1.51. The number of hydrogen-bond acceptors (Lipinski definition) is 8. The fourth-order valence-corrected chi connectivity index (χ4v) is 6.03. The molecule has 3 aromatic rings. The van der Waals surface area contributed by atoms with Crippen molar-refractivity contribution in [2.45, 2.75) is 31.7 Å². The van der Waals surface area contributed by atoms with Crippen LogP contribution in [0.15, 0.2) is 41.5 Å². The van der Waals surface area contributed by atoms with Crippen molar-refractivity contribution in [3.8, 4) is 11.3 Å². The van der Waals surface area contributed by atoms with Crippen molar-refractivity contribution >= 4 is 32.4 Å². The minimum absolute atomic E-state index is 0.00883. The highest BCUT2D eigenvalue weighted by Gasteiger charge is 2.24. The maximum Gasteiger partial charge on any atom is 0.264 e. The number of aryl methyl sites for hydroxylation is 1. The zero-order chi connectivity index (χ0) is 26.0. The van der Waals surface area contributed by atoms with Gasteiger partial charge in [-0.05, 0) is 49.8 Å². The number of anilines is 2. The third kappa shape index (κ3) is 6.11. The van der Waals surface area contributed by atoms with Gasteiger partial charge in [-0.15, -0.1) is 0 Å². The van der Waals surface area contributed by atoms with Gasteiger partial charge in [0.2, 0.25) is 10.0 Å². The number of pyridine rings is 1. The monoisotopic (exact) mass is 526 g/mol. The maximum absolute atomic E-state index is 13.0. The average molecular weight is 527 g/mol. The van der Waals surface area contributed by atoms with E-state index < -0.39 is 10.0 Å². The van der Waals surface area contributed by atoms with Gasteiger partial charge < -0.3 is 19.5 Å². The fourth-order valence-electron chi connectivity index (χ4n) is 5.19. The molecule has 0 amide bonds. The first kappa shape index (κ1) is 25.6. The lowest BCUT2D eigenvalue weighted by molar-refractivity contribution is 0.122. The maximum atomic E-state index is 13.0. The summed E-state index contributed by atoms with van der Waals surface area (Å²) in [5, 5.41) is 3.91. The molecule has 11 heteroatoms. The molecular weight excluding hydrogens is 492 g/mol. The highest BCUT2D eigenvalue weighted by atomic mass is 32.2. The summed E-state index contributed by atoms with van der Waals surface area (Å²) in [4.78, 5) is 24.7. The van der Waals surface area contributed by atoms with Crippen LogP contribution in [0.2, 0.25) is 0 Å². The fraction of sp³-hybridized carbons (Fsp3) is 0.500. The summed E-state index contributed by atoms with van der Waals surface area (Å²) in [5.41, 5.74) is 3.32. The lowest BCUT2D eigenvalue weighted by Gasteiger charge is -2.29. The molecule has 0 radical (unpaired) electrons. The van der Waals surface area contributed by atoms with Crippen LogP contribution in [-0.2, 0) is 21.8 Å². The van der Waals surface area contributed by atoms with Crippen molar-refractivity contribution < 1.29 is 13.2 Å². The van der Waals surface area contributed by atoms with Crippen LogP contribution in [0.5, 0.6) is 0 Å². The number of fused-ring (bicyclic) bond motifs is 1. The van der Waals surface area contributed by atoms with Gasteiger partial charge in [0.15, 0.2) is 0 Å². The van der Waals surface area contributed by atoms with E-state index in [1.54, 1.807) is 7.05 Å². The zero-order valence-corrected chi connectivity index (χ0v) is 22.1. The quantitative estimate of drug-likeness (QED) is 0.482. The van der Waals surface area contributed by atoms with E-state index in [-0.39, 0.29) is 11.6 Å². The topological polar surface area (TPSA) is 118 Å². The molecule has 2 N–H and O–H groups in total. The summed E-state index contributed by atoms with van der Waals surface area (Å²) in [6.07, 6.45) is 6.14. The Hall–Kier alpha value is -3.02. The number of sulfonamides is 1. The van der Waals surface area contributed by atoms with Crippen LogP contribution >= 0.6 is 0 Å². The molecule has 0 bridgehead atoms. The molecule has 5 rings (SSSR count). The van der Waals surface area contributed by atoms with Gasteiger partial charge in [-0.3, -0.25) is 4.79 Å². The van der Waals surface area contributed by atoms with Crippen molar-refractivity contribution in [3.05, 3.63) is 47.0 Å². The number of rotatable bonds is 7. The molecule has 1 aliphatic heterocycles. The first-order valence-corrected chi connectivity index (χ1v) is 14.7. The molecule has 0 unspecified atom stereocenters. The number of benzene rings is 1. The number of aromatic nitrogens is 3. The van der Waals surface area contributed by atoms with Gasteiger partial charge >= 0.3 is 0 Å². The summed E-state index contributed by atoms with van der Waals surface area (Å²) in [6, 6.07) is 10.2. The SMILES string of the molecule is Cn1cnc2cc(-c3ccc(N4CCOCC4)cc3)nc(NCC3CCC(NS(C)(=O)=O)CC3)c2c1=O. The van der Waals surface area contributed by atoms with Crippen molar-refractivity contribution in [1.29, 1.82) is 0 Å². The Morgan fingerprint density at radius 3 is 2.46 bits per heavy atom. The minimum Gasteiger partial charge on any atom is -0.378 e. The van der Waals surface area contributed by atoms with Crippen molar-refractivity contribution in [1.82, 2.24) is 19.3 Å². The number of ether oxygens (including phenoxy) is 1. The van der Waals surface area contributed by atoms with Gasteiger partial charge in [0.25, 0.3) is 5.56 Å². The summed E-state index contributed by atoms with van der Waals surface area (Å²) >= 11 is 0. The number of morpholine rings is 1. The smallest absolute Gasteiger partial charge is 0.264 e. The average Bonchev–Trinajstić information content (AvgIpc) is 2.90. The number of nitrogens with zero attached hydrogens (tertiary/aromatic N) is 4. The lowest BCUT2D eigenvalue weighted by atomic mass is 9.86. The molecule has 2 aromatic heterocycles. The van der Waals surface area contributed by atoms with E-state index in [9.17, 15) is 13.2 Å². The van der Waals surface area contributed by atoms with E-state index in [1.165, 1.54) is 17.2 Å². The Bertz CT molecular complexity index is 1410. The van der Waals surface area contributed by atoms with Crippen LogP contribution in [-0.4, -0.2) is 68.1 Å². The van der Waals surface area contributed by atoms with Gasteiger partial charge in [-0.25, -0.2) is 23.1 Å².